The Labute approximate surface area is 170 Å². The summed E-state index contributed by atoms with van der Waals surface area (Å²) in [7, 11) is 0. The van der Waals surface area contributed by atoms with Gasteiger partial charge in [-0.05, 0) is 58.4 Å². The molecule has 2 aromatic rings. The average Bonchev–Trinajstić information content (AvgIpc) is 3.05. The maximum absolute atomic E-state index is 11.9. The van der Waals surface area contributed by atoms with Crippen LogP contribution < -0.4 is 10.6 Å². The van der Waals surface area contributed by atoms with Gasteiger partial charge in [-0.2, -0.15) is 0 Å². The van der Waals surface area contributed by atoms with Gasteiger partial charge in [-0.15, -0.1) is 11.3 Å². The van der Waals surface area contributed by atoms with Gasteiger partial charge >= 0.3 is 6.03 Å². The molecule has 1 saturated heterocycles. The van der Waals surface area contributed by atoms with E-state index in [1.807, 2.05) is 0 Å². The van der Waals surface area contributed by atoms with Gasteiger partial charge < -0.3 is 10.2 Å². The molecule has 1 aliphatic heterocycles. The Morgan fingerprint density at radius 1 is 1.44 bits per heavy atom. The standard InChI is InChI=1S/C15H15BrIN5O2S/c1-15(2)12(23)21-14(24)22(15)4-3-18-13-19-6-9(16)11(20-13)10-5-8(17)7-25-10/h5-7H,3-4H2,1-2H3,(H,18,19,20)(H,21,23,24). The first kappa shape index (κ1) is 18.5. The Bertz CT molecular complexity index is 841. The zero-order valence-corrected chi connectivity index (χ0v) is 18.0. The number of urea groups is 1. The third-order valence-electron chi connectivity index (χ3n) is 3.86. The number of hydrogen-bond donors (Lipinski definition) is 2. The lowest BCUT2D eigenvalue weighted by atomic mass is 10.0. The van der Waals surface area contributed by atoms with E-state index >= 15 is 0 Å². The number of carbonyl (C=O) groups excluding carboxylic acids is 2. The van der Waals surface area contributed by atoms with E-state index in [4.69, 9.17) is 0 Å². The van der Waals surface area contributed by atoms with Gasteiger partial charge in [0, 0.05) is 28.2 Å². The van der Waals surface area contributed by atoms with Gasteiger partial charge in [-0.1, -0.05) is 0 Å². The summed E-state index contributed by atoms with van der Waals surface area (Å²) in [5, 5.41) is 7.50. The molecule has 10 heteroatoms. The number of thiophene rings is 1. The second-order valence-corrected chi connectivity index (χ2v) is 8.93. The molecule has 1 fully saturated rings. The fourth-order valence-electron chi connectivity index (χ4n) is 2.42. The zero-order chi connectivity index (χ0) is 18.2. The molecule has 2 aromatic heterocycles. The van der Waals surface area contributed by atoms with Crippen LogP contribution in [0.1, 0.15) is 13.8 Å². The lowest BCUT2D eigenvalue weighted by molar-refractivity contribution is -0.125. The molecule has 7 nitrogen and oxygen atoms in total. The third-order valence-corrected chi connectivity index (χ3v) is 6.42. The van der Waals surface area contributed by atoms with Crippen LogP contribution in [-0.2, 0) is 4.79 Å². The summed E-state index contributed by atoms with van der Waals surface area (Å²) in [6, 6.07) is 1.69. The minimum Gasteiger partial charge on any atom is -0.352 e. The van der Waals surface area contributed by atoms with Crippen LogP contribution >= 0.6 is 49.9 Å². The van der Waals surface area contributed by atoms with E-state index in [0.717, 1.165) is 18.6 Å². The first-order valence-electron chi connectivity index (χ1n) is 7.43. The number of aromatic nitrogens is 2. The van der Waals surface area contributed by atoms with Crippen molar-refractivity contribution in [3.8, 4) is 10.6 Å². The molecule has 0 aromatic carbocycles. The Hall–Kier alpha value is -1.27. The summed E-state index contributed by atoms with van der Waals surface area (Å²) in [6.07, 6.45) is 1.70. The van der Waals surface area contributed by atoms with E-state index in [1.54, 1.807) is 31.4 Å². The molecular weight excluding hydrogens is 521 g/mol. The van der Waals surface area contributed by atoms with Crippen molar-refractivity contribution in [2.45, 2.75) is 19.4 Å². The number of nitrogens with one attached hydrogen (secondary N) is 2. The third kappa shape index (κ3) is 3.80. The van der Waals surface area contributed by atoms with Crippen molar-refractivity contribution in [2.24, 2.45) is 0 Å². The Morgan fingerprint density at radius 2 is 2.20 bits per heavy atom. The van der Waals surface area contributed by atoms with Crippen LogP contribution in [-0.4, -0.2) is 45.4 Å². The van der Waals surface area contributed by atoms with E-state index in [9.17, 15) is 9.59 Å². The second kappa shape index (κ2) is 7.16. The van der Waals surface area contributed by atoms with Crippen LogP contribution in [0.15, 0.2) is 22.1 Å². The van der Waals surface area contributed by atoms with Crippen molar-refractivity contribution in [1.82, 2.24) is 20.2 Å². The number of imide groups is 1. The highest BCUT2D eigenvalue weighted by Crippen LogP contribution is 2.32. The monoisotopic (exact) mass is 535 g/mol. The quantitative estimate of drug-likeness (QED) is 0.453. The minimum absolute atomic E-state index is 0.285. The number of halogens is 2. The zero-order valence-electron chi connectivity index (χ0n) is 13.5. The summed E-state index contributed by atoms with van der Waals surface area (Å²) < 4.78 is 1.98. The summed E-state index contributed by atoms with van der Waals surface area (Å²) in [6.45, 7) is 4.25. The Balaban J connectivity index is 1.68. The van der Waals surface area contributed by atoms with E-state index in [1.165, 1.54) is 4.90 Å². The van der Waals surface area contributed by atoms with Crippen molar-refractivity contribution in [2.75, 3.05) is 18.4 Å². The number of amides is 3. The van der Waals surface area contributed by atoms with Crippen LogP contribution in [0.25, 0.3) is 10.6 Å². The number of anilines is 1. The predicted octanol–water partition coefficient (Wildman–Crippen LogP) is 3.31. The fraction of sp³-hybridized carbons (Fsp3) is 0.333. The number of hydrogen-bond acceptors (Lipinski definition) is 6. The fourth-order valence-corrected chi connectivity index (χ4v) is 4.63. The largest absolute Gasteiger partial charge is 0.352 e. The molecule has 2 N–H and O–H groups in total. The molecule has 1 aliphatic rings. The first-order chi connectivity index (χ1) is 11.8. The topological polar surface area (TPSA) is 87.2 Å². The summed E-state index contributed by atoms with van der Waals surface area (Å²) in [5.74, 6) is 0.192. The van der Waals surface area contributed by atoms with Crippen LogP contribution in [0.4, 0.5) is 10.7 Å². The van der Waals surface area contributed by atoms with E-state index < -0.39 is 5.54 Å². The molecular formula is C15H15BrIN5O2S. The highest BCUT2D eigenvalue weighted by atomic mass is 127. The number of carbonyl (C=O) groups is 2. The van der Waals surface area contributed by atoms with Gasteiger partial charge in [0.1, 0.15) is 11.2 Å². The molecule has 0 aliphatic carbocycles. The molecule has 25 heavy (non-hydrogen) atoms. The number of nitrogens with zero attached hydrogens (tertiary/aromatic N) is 3. The lowest BCUT2D eigenvalue weighted by Gasteiger charge is -2.27. The lowest BCUT2D eigenvalue weighted by Crippen LogP contribution is -2.46. The summed E-state index contributed by atoms with van der Waals surface area (Å²) >= 11 is 7.36. The molecule has 3 amide bonds. The van der Waals surface area contributed by atoms with Gasteiger partial charge in [-0.25, -0.2) is 14.8 Å². The number of rotatable bonds is 5. The molecule has 0 bridgehead atoms. The van der Waals surface area contributed by atoms with Gasteiger partial charge in [0.15, 0.2) is 0 Å². The van der Waals surface area contributed by atoms with Crippen LogP contribution in [0.5, 0.6) is 0 Å². The molecule has 3 rings (SSSR count). The summed E-state index contributed by atoms with van der Waals surface area (Å²) in [5.41, 5.74) is -0.0298. The maximum atomic E-state index is 11.9. The SMILES string of the molecule is CC1(C)C(=O)NC(=O)N1CCNc1ncc(Br)c(-c2cc(I)cs2)n1. The van der Waals surface area contributed by atoms with E-state index in [0.29, 0.717) is 19.0 Å². The van der Waals surface area contributed by atoms with Crippen LogP contribution in [0.3, 0.4) is 0 Å². The van der Waals surface area contributed by atoms with Crippen molar-refractivity contribution >= 4 is 67.7 Å². The van der Waals surface area contributed by atoms with Crippen LogP contribution in [0, 0.1) is 3.57 Å². The van der Waals surface area contributed by atoms with E-state index in [-0.39, 0.29) is 11.9 Å². The smallest absolute Gasteiger partial charge is 0.325 e. The van der Waals surface area contributed by atoms with Crippen molar-refractivity contribution in [3.63, 3.8) is 0 Å². The average molecular weight is 536 g/mol. The molecule has 3 heterocycles. The van der Waals surface area contributed by atoms with Crippen molar-refractivity contribution in [1.29, 1.82) is 0 Å². The first-order valence-corrected chi connectivity index (χ1v) is 10.2. The van der Waals surface area contributed by atoms with Crippen molar-refractivity contribution < 1.29 is 9.59 Å². The minimum atomic E-state index is -0.849. The molecule has 0 spiro atoms. The molecule has 0 saturated carbocycles. The second-order valence-electron chi connectivity index (χ2n) is 5.92. The van der Waals surface area contributed by atoms with Gasteiger partial charge in [0.25, 0.3) is 5.91 Å². The van der Waals surface area contributed by atoms with Gasteiger partial charge in [0.05, 0.1) is 9.35 Å². The Kier molecular flexibility index (Phi) is 5.30. The van der Waals surface area contributed by atoms with Gasteiger partial charge in [-0.3, -0.25) is 10.1 Å². The highest BCUT2D eigenvalue weighted by molar-refractivity contribution is 14.1. The predicted molar refractivity (Wildman–Crippen MR) is 109 cm³/mol. The van der Waals surface area contributed by atoms with Crippen LogP contribution in [0.2, 0.25) is 0 Å². The Morgan fingerprint density at radius 3 is 2.80 bits per heavy atom. The molecule has 0 atom stereocenters. The van der Waals surface area contributed by atoms with E-state index in [2.05, 4.69) is 70.6 Å². The summed E-state index contributed by atoms with van der Waals surface area (Å²) in [4.78, 5) is 35.0. The molecule has 0 unspecified atom stereocenters. The maximum Gasteiger partial charge on any atom is 0.325 e. The van der Waals surface area contributed by atoms with Crippen molar-refractivity contribution in [3.05, 3.63) is 25.7 Å². The normalized spacial score (nSPS) is 16.2. The molecule has 0 radical (unpaired) electrons. The molecule has 132 valence electrons. The highest BCUT2D eigenvalue weighted by Gasteiger charge is 2.44. The van der Waals surface area contributed by atoms with Gasteiger partial charge in [0.2, 0.25) is 5.95 Å².